The molecule has 1 aliphatic heterocycles. The molecule has 4 rings (SSSR count). The van der Waals surface area contributed by atoms with E-state index in [9.17, 15) is 4.79 Å². The van der Waals surface area contributed by atoms with E-state index in [0.29, 0.717) is 17.0 Å². The summed E-state index contributed by atoms with van der Waals surface area (Å²) in [5.74, 6) is 1.04. The fraction of sp³-hybridized carbons (Fsp3) is 0.778. The topological polar surface area (TPSA) is 80.5 Å². The van der Waals surface area contributed by atoms with Gasteiger partial charge >= 0.3 is 0 Å². The lowest BCUT2D eigenvalue weighted by atomic mass is 9.84. The number of aromatic nitrogens is 1. The zero-order valence-electron chi connectivity index (χ0n) is 15.8. The number of halogens is 2. The Hall–Kier alpha value is -0.440. The van der Waals surface area contributed by atoms with Gasteiger partial charge in [0.2, 0.25) is 5.91 Å². The molecule has 3 fully saturated rings. The average molecular weight is 437 g/mol. The predicted molar refractivity (Wildman–Crippen MR) is 113 cm³/mol. The Balaban J connectivity index is 0.00000131. The van der Waals surface area contributed by atoms with Crippen LogP contribution in [-0.4, -0.2) is 47.1 Å². The highest BCUT2D eigenvalue weighted by molar-refractivity contribution is 7.13. The van der Waals surface area contributed by atoms with Crippen molar-refractivity contribution in [1.29, 1.82) is 0 Å². The molecule has 3 N–H and O–H groups in total. The normalized spacial score (nSPS) is 35.4. The first-order valence-electron chi connectivity index (χ1n) is 9.38. The molecule has 6 unspecified atom stereocenters. The summed E-state index contributed by atoms with van der Waals surface area (Å²) in [6.45, 7) is 6.85. The van der Waals surface area contributed by atoms with E-state index in [1.165, 1.54) is 17.8 Å². The van der Waals surface area contributed by atoms with Gasteiger partial charge in [-0.25, -0.2) is 4.98 Å². The molecule has 154 valence electrons. The lowest BCUT2D eigenvalue weighted by Crippen LogP contribution is -2.44. The first-order chi connectivity index (χ1) is 12.0. The van der Waals surface area contributed by atoms with E-state index in [1.54, 1.807) is 0 Å². The van der Waals surface area contributed by atoms with Gasteiger partial charge in [0.15, 0.2) is 5.13 Å². The van der Waals surface area contributed by atoms with Gasteiger partial charge in [0.05, 0.1) is 23.8 Å². The van der Waals surface area contributed by atoms with Crippen LogP contribution in [0.15, 0.2) is 5.38 Å². The Labute approximate surface area is 177 Å². The summed E-state index contributed by atoms with van der Waals surface area (Å²) in [6.07, 6.45) is 3.96. The molecule has 9 heteroatoms. The van der Waals surface area contributed by atoms with Crippen LogP contribution in [-0.2, 0) is 16.1 Å². The zero-order valence-corrected chi connectivity index (χ0v) is 18.2. The van der Waals surface area contributed by atoms with Crippen LogP contribution in [0.2, 0.25) is 0 Å². The highest BCUT2D eigenvalue weighted by atomic mass is 35.5. The molecule has 0 aromatic carbocycles. The SMILES string of the molecule is CC1CN(Cc2csc(NC(=O)C3C4CCC(C4)C3N)n2)CC(C)O1.Cl.Cl. The molecule has 1 amide bonds. The highest BCUT2D eigenvalue weighted by Crippen LogP contribution is 2.47. The first kappa shape index (κ1) is 22.8. The van der Waals surface area contributed by atoms with E-state index in [2.05, 4.69) is 29.0 Å². The number of nitrogens with zero attached hydrogens (tertiary/aromatic N) is 2. The smallest absolute Gasteiger partial charge is 0.231 e. The number of amides is 1. The average Bonchev–Trinajstić information content (AvgIpc) is 3.22. The monoisotopic (exact) mass is 436 g/mol. The molecule has 1 aromatic heterocycles. The van der Waals surface area contributed by atoms with Gasteiger partial charge in [-0.2, -0.15) is 0 Å². The summed E-state index contributed by atoms with van der Waals surface area (Å²) in [4.78, 5) is 19.6. The summed E-state index contributed by atoms with van der Waals surface area (Å²) < 4.78 is 5.77. The van der Waals surface area contributed by atoms with Crippen LogP contribution in [0.3, 0.4) is 0 Å². The molecule has 6 nitrogen and oxygen atoms in total. The van der Waals surface area contributed by atoms with Gasteiger partial charge in [-0.05, 0) is 44.9 Å². The Bertz CT molecular complexity index is 635. The van der Waals surface area contributed by atoms with Gasteiger partial charge in [0.25, 0.3) is 0 Å². The summed E-state index contributed by atoms with van der Waals surface area (Å²) in [5, 5.41) is 5.76. The number of nitrogens with two attached hydrogens (primary N) is 1. The number of nitrogens with one attached hydrogen (secondary N) is 1. The van der Waals surface area contributed by atoms with Crippen molar-refractivity contribution in [3.05, 3.63) is 11.1 Å². The van der Waals surface area contributed by atoms with Crippen LogP contribution >= 0.6 is 36.2 Å². The quantitative estimate of drug-likeness (QED) is 0.757. The number of hydrogen-bond donors (Lipinski definition) is 2. The fourth-order valence-corrected chi connectivity index (χ4v) is 5.70. The molecule has 1 aromatic rings. The third kappa shape index (κ3) is 4.95. The number of fused-ring (bicyclic) bond motifs is 2. The van der Waals surface area contributed by atoms with E-state index in [0.717, 1.165) is 38.2 Å². The molecule has 2 aliphatic carbocycles. The van der Waals surface area contributed by atoms with Crippen molar-refractivity contribution in [3.63, 3.8) is 0 Å². The molecular weight excluding hydrogens is 407 g/mol. The summed E-state index contributed by atoms with van der Waals surface area (Å²) in [7, 11) is 0. The second-order valence-corrected chi connectivity index (χ2v) is 8.88. The summed E-state index contributed by atoms with van der Waals surface area (Å²) in [6, 6.07) is 0.0227. The number of carbonyl (C=O) groups excluding carboxylic acids is 1. The van der Waals surface area contributed by atoms with Crippen LogP contribution in [0.5, 0.6) is 0 Å². The molecule has 1 saturated heterocycles. The highest BCUT2D eigenvalue weighted by Gasteiger charge is 2.49. The maximum absolute atomic E-state index is 12.6. The number of thiazole rings is 1. The van der Waals surface area contributed by atoms with Crippen molar-refractivity contribution in [2.24, 2.45) is 23.5 Å². The van der Waals surface area contributed by atoms with Gasteiger partial charge in [-0.1, -0.05) is 0 Å². The standard InChI is InChI=1S/C18H28N4O2S.2ClH/c1-10-6-22(7-11(2)24-10)8-14-9-25-18(20-14)21-17(23)15-12-3-4-13(5-12)16(15)19;;/h9-13,15-16H,3-8,19H2,1-2H3,(H,20,21,23);2*1H. The summed E-state index contributed by atoms with van der Waals surface area (Å²) >= 11 is 1.51. The van der Waals surface area contributed by atoms with Crippen molar-refractivity contribution in [3.8, 4) is 0 Å². The second-order valence-electron chi connectivity index (χ2n) is 8.02. The van der Waals surface area contributed by atoms with Crippen molar-refractivity contribution in [1.82, 2.24) is 9.88 Å². The fourth-order valence-electron chi connectivity index (χ4n) is 4.99. The third-order valence-electron chi connectivity index (χ3n) is 5.95. The minimum absolute atomic E-state index is 0. The van der Waals surface area contributed by atoms with Crippen LogP contribution < -0.4 is 11.1 Å². The van der Waals surface area contributed by atoms with E-state index >= 15 is 0 Å². The third-order valence-corrected chi connectivity index (χ3v) is 6.75. The van der Waals surface area contributed by atoms with Gasteiger partial charge in [0.1, 0.15) is 0 Å². The lowest BCUT2D eigenvalue weighted by molar-refractivity contribution is -0.121. The van der Waals surface area contributed by atoms with E-state index < -0.39 is 0 Å². The number of hydrogen-bond acceptors (Lipinski definition) is 6. The molecule has 0 spiro atoms. The van der Waals surface area contributed by atoms with E-state index in [-0.39, 0.29) is 54.9 Å². The second kappa shape index (κ2) is 9.37. The molecule has 2 saturated carbocycles. The largest absolute Gasteiger partial charge is 0.373 e. The van der Waals surface area contributed by atoms with Crippen molar-refractivity contribution in [2.45, 2.75) is 57.9 Å². The van der Waals surface area contributed by atoms with Crippen LogP contribution in [0, 0.1) is 17.8 Å². The Morgan fingerprint density at radius 2 is 1.96 bits per heavy atom. The molecular formula is C18H30Cl2N4O2S. The van der Waals surface area contributed by atoms with Crippen LogP contribution in [0.1, 0.15) is 38.8 Å². The lowest BCUT2D eigenvalue weighted by Gasteiger charge is -2.34. The number of morpholine rings is 1. The number of carbonyl (C=O) groups is 1. The number of anilines is 1. The van der Waals surface area contributed by atoms with Gasteiger partial charge in [-0.3, -0.25) is 9.69 Å². The van der Waals surface area contributed by atoms with Gasteiger partial charge in [0, 0.05) is 31.1 Å². The minimum atomic E-state index is -0.0351. The molecule has 2 heterocycles. The van der Waals surface area contributed by atoms with E-state index in [1.807, 2.05) is 5.38 Å². The predicted octanol–water partition coefficient (Wildman–Crippen LogP) is 2.91. The van der Waals surface area contributed by atoms with Crippen molar-refractivity contribution < 1.29 is 9.53 Å². The van der Waals surface area contributed by atoms with Gasteiger partial charge < -0.3 is 15.8 Å². The molecule has 0 radical (unpaired) electrons. The molecule has 3 aliphatic rings. The molecule has 2 bridgehead atoms. The van der Waals surface area contributed by atoms with Crippen LogP contribution in [0.4, 0.5) is 5.13 Å². The number of ether oxygens (including phenoxy) is 1. The minimum Gasteiger partial charge on any atom is -0.373 e. The van der Waals surface area contributed by atoms with Crippen molar-refractivity contribution >= 4 is 47.2 Å². The Kier molecular flexibility index (Phi) is 7.93. The maximum Gasteiger partial charge on any atom is 0.231 e. The number of rotatable bonds is 4. The molecule has 6 atom stereocenters. The summed E-state index contributed by atoms with van der Waals surface area (Å²) in [5.41, 5.74) is 7.29. The van der Waals surface area contributed by atoms with Gasteiger partial charge in [-0.15, -0.1) is 36.2 Å². The van der Waals surface area contributed by atoms with Crippen molar-refractivity contribution in [2.75, 3.05) is 18.4 Å². The molecule has 27 heavy (non-hydrogen) atoms. The Morgan fingerprint density at radius 1 is 1.30 bits per heavy atom. The van der Waals surface area contributed by atoms with E-state index in [4.69, 9.17) is 10.5 Å². The van der Waals surface area contributed by atoms with Crippen LogP contribution in [0.25, 0.3) is 0 Å². The Morgan fingerprint density at radius 3 is 2.59 bits per heavy atom. The zero-order chi connectivity index (χ0) is 17.6. The first-order valence-corrected chi connectivity index (χ1v) is 10.3. The maximum atomic E-state index is 12.6.